The largest absolute Gasteiger partial charge is 0.389 e. The number of aryl methyl sites for hydroxylation is 1. The molecular formula is C9H13ClN2O2. The van der Waals surface area contributed by atoms with Crippen LogP contribution in [-0.2, 0) is 0 Å². The first-order chi connectivity index (χ1) is 6.56. The lowest BCUT2D eigenvalue weighted by Gasteiger charge is -2.17. The SMILES string of the molecule is Cc1nc(Cl)ccc1C(O)C(O)CN. The molecule has 0 bridgehead atoms. The van der Waals surface area contributed by atoms with Crippen LogP contribution < -0.4 is 5.73 Å². The zero-order chi connectivity index (χ0) is 10.7. The third-order valence-electron chi connectivity index (χ3n) is 2.02. The number of aliphatic hydroxyl groups excluding tert-OH is 2. The van der Waals surface area contributed by atoms with E-state index in [0.29, 0.717) is 16.4 Å². The predicted molar refractivity (Wildman–Crippen MR) is 54.0 cm³/mol. The topological polar surface area (TPSA) is 79.4 Å². The zero-order valence-electron chi connectivity index (χ0n) is 7.81. The number of hydrogen-bond donors (Lipinski definition) is 3. The molecule has 1 aromatic rings. The number of rotatable bonds is 3. The third-order valence-corrected chi connectivity index (χ3v) is 2.23. The van der Waals surface area contributed by atoms with Crippen molar-refractivity contribution in [2.75, 3.05) is 6.54 Å². The molecule has 2 unspecified atom stereocenters. The minimum absolute atomic E-state index is 0.00321. The second kappa shape index (κ2) is 4.70. The highest BCUT2D eigenvalue weighted by molar-refractivity contribution is 6.29. The maximum Gasteiger partial charge on any atom is 0.129 e. The van der Waals surface area contributed by atoms with Crippen molar-refractivity contribution < 1.29 is 10.2 Å². The van der Waals surface area contributed by atoms with Crippen LogP contribution in [-0.4, -0.2) is 27.8 Å². The highest BCUT2D eigenvalue weighted by atomic mass is 35.5. The van der Waals surface area contributed by atoms with Crippen LogP contribution in [0.4, 0.5) is 0 Å². The van der Waals surface area contributed by atoms with E-state index in [1.807, 2.05) is 0 Å². The molecule has 78 valence electrons. The lowest BCUT2D eigenvalue weighted by atomic mass is 10.0. The molecule has 0 saturated heterocycles. The van der Waals surface area contributed by atoms with Gasteiger partial charge in [-0.15, -0.1) is 0 Å². The van der Waals surface area contributed by atoms with E-state index >= 15 is 0 Å². The van der Waals surface area contributed by atoms with Crippen LogP contribution in [0.1, 0.15) is 17.4 Å². The molecule has 0 aliphatic carbocycles. The van der Waals surface area contributed by atoms with Crippen LogP contribution in [0, 0.1) is 6.92 Å². The van der Waals surface area contributed by atoms with E-state index in [2.05, 4.69) is 4.98 Å². The molecule has 0 aliphatic heterocycles. The number of aromatic nitrogens is 1. The summed E-state index contributed by atoms with van der Waals surface area (Å²) in [6, 6.07) is 3.20. The third kappa shape index (κ3) is 2.42. The highest BCUT2D eigenvalue weighted by Crippen LogP contribution is 2.20. The zero-order valence-corrected chi connectivity index (χ0v) is 8.57. The average Bonchev–Trinajstić information content (AvgIpc) is 2.15. The van der Waals surface area contributed by atoms with Crippen LogP contribution in [0.15, 0.2) is 12.1 Å². The van der Waals surface area contributed by atoms with Crippen LogP contribution >= 0.6 is 11.6 Å². The molecule has 2 atom stereocenters. The van der Waals surface area contributed by atoms with Gasteiger partial charge < -0.3 is 15.9 Å². The first-order valence-electron chi connectivity index (χ1n) is 4.25. The van der Waals surface area contributed by atoms with Gasteiger partial charge in [0.1, 0.15) is 11.3 Å². The van der Waals surface area contributed by atoms with Gasteiger partial charge in [0.2, 0.25) is 0 Å². The fourth-order valence-corrected chi connectivity index (χ4v) is 1.38. The molecule has 0 aliphatic rings. The minimum atomic E-state index is -1.01. The lowest BCUT2D eigenvalue weighted by molar-refractivity contribution is 0.0237. The maximum atomic E-state index is 9.65. The Morgan fingerprint density at radius 3 is 2.64 bits per heavy atom. The molecule has 1 aromatic heterocycles. The summed E-state index contributed by atoms with van der Waals surface area (Å²) in [5.41, 5.74) is 6.38. The van der Waals surface area contributed by atoms with Crippen molar-refractivity contribution in [1.29, 1.82) is 0 Å². The quantitative estimate of drug-likeness (QED) is 0.639. The van der Waals surface area contributed by atoms with E-state index in [0.717, 1.165) is 0 Å². The number of aliphatic hydroxyl groups is 2. The number of nitrogens with two attached hydrogens (primary N) is 1. The van der Waals surface area contributed by atoms with Crippen LogP contribution in [0.2, 0.25) is 5.15 Å². The van der Waals surface area contributed by atoms with E-state index in [1.165, 1.54) is 0 Å². The van der Waals surface area contributed by atoms with Crippen molar-refractivity contribution in [3.05, 3.63) is 28.5 Å². The van der Waals surface area contributed by atoms with Gasteiger partial charge >= 0.3 is 0 Å². The highest BCUT2D eigenvalue weighted by Gasteiger charge is 2.19. The van der Waals surface area contributed by atoms with Gasteiger partial charge in [0.05, 0.1) is 6.10 Å². The van der Waals surface area contributed by atoms with Gasteiger partial charge in [-0.2, -0.15) is 0 Å². The van der Waals surface area contributed by atoms with Gasteiger partial charge in [-0.05, 0) is 13.0 Å². The number of pyridine rings is 1. The van der Waals surface area contributed by atoms with Crippen molar-refractivity contribution >= 4 is 11.6 Å². The summed E-state index contributed by atoms with van der Waals surface area (Å²) < 4.78 is 0. The second-order valence-corrected chi connectivity index (χ2v) is 3.44. The Kier molecular flexibility index (Phi) is 3.83. The van der Waals surface area contributed by atoms with E-state index in [1.54, 1.807) is 19.1 Å². The molecular weight excluding hydrogens is 204 g/mol. The standard InChI is InChI=1S/C9H13ClN2O2/c1-5-6(2-3-8(10)12-5)9(14)7(13)4-11/h2-3,7,9,13-14H,4,11H2,1H3. The summed E-state index contributed by atoms with van der Waals surface area (Å²) in [4.78, 5) is 3.96. The van der Waals surface area contributed by atoms with E-state index in [4.69, 9.17) is 17.3 Å². The van der Waals surface area contributed by atoms with Crippen molar-refractivity contribution in [2.24, 2.45) is 5.73 Å². The minimum Gasteiger partial charge on any atom is -0.389 e. The Morgan fingerprint density at radius 1 is 1.50 bits per heavy atom. The molecule has 4 N–H and O–H groups in total. The van der Waals surface area contributed by atoms with Gasteiger partial charge in [0.25, 0.3) is 0 Å². The van der Waals surface area contributed by atoms with Crippen LogP contribution in [0.5, 0.6) is 0 Å². The van der Waals surface area contributed by atoms with Crippen molar-refractivity contribution in [2.45, 2.75) is 19.1 Å². The fraction of sp³-hybridized carbons (Fsp3) is 0.444. The fourth-order valence-electron chi connectivity index (χ4n) is 1.19. The maximum absolute atomic E-state index is 9.65. The van der Waals surface area contributed by atoms with Gasteiger partial charge in [0.15, 0.2) is 0 Å². The van der Waals surface area contributed by atoms with Gasteiger partial charge in [-0.1, -0.05) is 17.7 Å². The molecule has 0 fully saturated rings. The second-order valence-electron chi connectivity index (χ2n) is 3.06. The van der Waals surface area contributed by atoms with E-state index in [-0.39, 0.29) is 6.54 Å². The first kappa shape index (κ1) is 11.4. The Balaban J connectivity index is 2.95. The van der Waals surface area contributed by atoms with Crippen molar-refractivity contribution in [3.63, 3.8) is 0 Å². The summed E-state index contributed by atoms with van der Waals surface area (Å²) in [5, 5.41) is 19.3. The molecule has 1 heterocycles. The van der Waals surface area contributed by atoms with Gasteiger partial charge in [-0.3, -0.25) is 0 Å². The van der Waals surface area contributed by atoms with Crippen LogP contribution in [0.25, 0.3) is 0 Å². The molecule has 0 radical (unpaired) electrons. The van der Waals surface area contributed by atoms with Crippen LogP contribution in [0.3, 0.4) is 0 Å². The van der Waals surface area contributed by atoms with Gasteiger partial charge in [0, 0.05) is 17.8 Å². The van der Waals surface area contributed by atoms with E-state index < -0.39 is 12.2 Å². The average molecular weight is 217 g/mol. The molecule has 1 rings (SSSR count). The van der Waals surface area contributed by atoms with E-state index in [9.17, 15) is 10.2 Å². The molecule has 14 heavy (non-hydrogen) atoms. The van der Waals surface area contributed by atoms with Crippen molar-refractivity contribution in [1.82, 2.24) is 4.98 Å². The molecule has 0 aromatic carbocycles. The Morgan fingerprint density at radius 2 is 2.14 bits per heavy atom. The molecule has 4 nitrogen and oxygen atoms in total. The summed E-state index contributed by atoms with van der Waals surface area (Å²) in [6.45, 7) is 1.72. The summed E-state index contributed by atoms with van der Waals surface area (Å²) >= 11 is 5.66. The monoisotopic (exact) mass is 216 g/mol. The Bertz CT molecular complexity index is 320. The molecule has 0 saturated carbocycles. The molecule has 0 amide bonds. The smallest absolute Gasteiger partial charge is 0.129 e. The number of hydrogen-bond acceptors (Lipinski definition) is 4. The first-order valence-corrected chi connectivity index (χ1v) is 4.63. The normalized spacial score (nSPS) is 15.2. The molecule has 5 heteroatoms. The van der Waals surface area contributed by atoms with Crippen molar-refractivity contribution in [3.8, 4) is 0 Å². The summed E-state index contributed by atoms with van der Waals surface area (Å²) in [5.74, 6) is 0. The number of nitrogens with zero attached hydrogens (tertiary/aromatic N) is 1. The summed E-state index contributed by atoms with van der Waals surface area (Å²) in [6.07, 6.45) is -1.98. The Hall–Kier alpha value is -0.680. The lowest BCUT2D eigenvalue weighted by Crippen LogP contribution is -2.27. The summed E-state index contributed by atoms with van der Waals surface area (Å²) in [7, 11) is 0. The predicted octanol–water partition coefficient (Wildman–Crippen LogP) is 0.396. The Labute approximate surface area is 87.3 Å². The van der Waals surface area contributed by atoms with Gasteiger partial charge in [-0.25, -0.2) is 4.98 Å². The molecule has 0 spiro atoms. The number of halogens is 1.